The minimum absolute atomic E-state index is 0.489. The molecule has 0 aliphatic rings. The minimum atomic E-state index is 0.489. The van der Waals surface area contributed by atoms with Crippen LogP contribution in [0.15, 0.2) is 125 Å². The van der Waals surface area contributed by atoms with Gasteiger partial charge in [-0.25, -0.2) is 15.0 Å². The lowest BCUT2D eigenvalue weighted by atomic mass is 9.93. The van der Waals surface area contributed by atoms with Crippen molar-refractivity contribution in [2.24, 2.45) is 0 Å². The average Bonchev–Trinajstić information content (AvgIpc) is 3.63. The first kappa shape index (κ1) is 22.9. The van der Waals surface area contributed by atoms with Crippen LogP contribution in [-0.2, 0) is 0 Å². The molecule has 0 radical (unpaired) electrons. The standard InChI is InChI=1S/C37H21N3O2/c1-3-20(2)35-38-36(21-10-5-4-6-11-21)40-37(39-35)26-14-9-15-27-30(26)25-19-18-23-22-12-7-16-28-32(22)33-24(31(23)34(25)42-27)13-8-17-29(33)41-28/h3-19H,1-2H2. The summed E-state index contributed by atoms with van der Waals surface area (Å²) in [5.41, 5.74) is 5.77. The van der Waals surface area contributed by atoms with Crippen LogP contribution in [0.4, 0.5) is 0 Å². The molecular formula is C37H21N3O2. The predicted molar refractivity (Wildman–Crippen MR) is 171 cm³/mol. The van der Waals surface area contributed by atoms with E-state index in [2.05, 4.69) is 43.5 Å². The van der Waals surface area contributed by atoms with Crippen molar-refractivity contribution in [3.05, 3.63) is 122 Å². The Labute approximate surface area is 239 Å². The lowest BCUT2D eigenvalue weighted by molar-refractivity contribution is 0.669. The monoisotopic (exact) mass is 539 g/mol. The van der Waals surface area contributed by atoms with Gasteiger partial charge in [-0.15, -0.1) is 0 Å². The summed E-state index contributed by atoms with van der Waals surface area (Å²) in [5, 5.41) is 8.71. The van der Waals surface area contributed by atoms with Gasteiger partial charge in [0, 0.05) is 43.6 Å². The largest absolute Gasteiger partial charge is 0.456 e. The number of hydrogen-bond acceptors (Lipinski definition) is 5. The molecule has 0 saturated carbocycles. The highest BCUT2D eigenvalue weighted by molar-refractivity contribution is 6.37. The van der Waals surface area contributed by atoms with Gasteiger partial charge in [-0.3, -0.25) is 0 Å². The molecular weight excluding hydrogens is 518 g/mol. The summed E-state index contributed by atoms with van der Waals surface area (Å²) in [4.78, 5) is 14.5. The van der Waals surface area contributed by atoms with Crippen LogP contribution in [0.1, 0.15) is 5.82 Å². The number of benzene rings is 6. The van der Waals surface area contributed by atoms with Gasteiger partial charge in [0.05, 0.1) is 0 Å². The SMILES string of the molecule is C=CC(=C)c1nc(-c2ccccc2)nc(-c2cccc3oc4c(ccc5c6cccc7oc8cccc(c54)c8c76)c23)n1. The summed E-state index contributed by atoms with van der Waals surface area (Å²) in [6.45, 7) is 8.00. The number of aromatic nitrogens is 3. The highest BCUT2D eigenvalue weighted by Crippen LogP contribution is 2.46. The summed E-state index contributed by atoms with van der Waals surface area (Å²) in [6, 6.07) is 32.8. The summed E-state index contributed by atoms with van der Waals surface area (Å²) < 4.78 is 13.0. The molecule has 0 fully saturated rings. The Morgan fingerprint density at radius 3 is 1.98 bits per heavy atom. The van der Waals surface area contributed by atoms with Gasteiger partial charge >= 0.3 is 0 Å². The van der Waals surface area contributed by atoms with E-state index >= 15 is 0 Å². The predicted octanol–water partition coefficient (Wildman–Crippen LogP) is 9.95. The van der Waals surface area contributed by atoms with Gasteiger partial charge in [-0.1, -0.05) is 92.0 Å². The minimum Gasteiger partial charge on any atom is -0.456 e. The Hall–Kier alpha value is -5.81. The molecule has 0 saturated heterocycles. The fourth-order valence-corrected chi connectivity index (χ4v) is 6.31. The zero-order chi connectivity index (χ0) is 27.9. The smallest absolute Gasteiger partial charge is 0.164 e. The molecule has 3 heterocycles. The third-order valence-corrected chi connectivity index (χ3v) is 8.19. The molecule has 6 aromatic carbocycles. The highest BCUT2D eigenvalue weighted by atomic mass is 16.3. The molecule has 5 nitrogen and oxygen atoms in total. The summed E-state index contributed by atoms with van der Waals surface area (Å²) in [7, 11) is 0. The van der Waals surface area contributed by atoms with Crippen LogP contribution in [-0.4, -0.2) is 15.0 Å². The van der Waals surface area contributed by atoms with E-state index in [-0.39, 0.29) is 0 Å². The van der Waals surface area contributed by atoms with E-state index in [0.717, 1.165) is 76.5 Å². The maximum atomic E-state index is 6.71. The van der Waals surface area contributed by atoms with Gasteiger partial charge in [0.25, 0.3) is 0 Å². The topological polar surface area (TPSA) is 65.0 Å². The lowest BCUT2D eigenvalue weighted by Crippen LogP contribution is -2.02. The van der Waals surface area contributed by atoms with Gasteiger partial charge in [-0.05, 0) is 40.4 Å². The van der Waals surface area contributed by atoms with Gasteiger partial charge < -0.3 is 8.83 Å². The van der Waals surface area contributed by atoms with Crippen molar-refractivity contribution >= 4 is 71.0 Å². The molecule has 0 spiro atoms. The van der Waals surface area contributed by atoms with Crippen LogP contribution in [0.5, 0.6) is 0 Å². The molecule has 0 aliphatic carbocycles. The van der Waals surface area contributed by atoms with Crippen LogP contribution < -0.4 is 0 Å². The van der Waals surface area contributed by atoms with Crippen LogP contribution in [0.2, 0.25) is 0 Å². The number of fused-ring (bicyclic) bond motifs is 7. The fourth-order valence-electron chi connectivity index (χ4n) is 6.31. The van der Waals surface area contributed by atoms with E-state index in [1.807, 2.05) is 66.7 Å². The highest BCUT2D eigenvalue weighted by Gasteiger charge is 2.22. The van der Waals surface area contributed by atoms with Crippen molar-refractivity contribution in [3.63, 3.8) is 0 Å². The Balaban J connectivity index is 1.40. The van der Waals surface area contributed by atoms with E-state index < -0.39 is 0 Å². The van der Waals surface area contributed by atoms with Crippen molar-refractivity contribution in [3.8, 4) is 22.8 Å². The van der Waals surface area contributed by atoms with Gasteiger partial charge in [0.1, 0.15) is 22.3 Å². The number of allylic oxidation sites excluding steroid dienone is 2. The lowest BCUT2D eigenvalue weighted by Gasteiger charge is -2.09. The van der Waals surface area contributed by atoms with Crippen molar-refractivity contribution in [1.29, 1.82) is 0 Å². The maximum absolute atomic E-state index is 6.71. The molecule has 42 heavy (non-hydrogen) atoms. The quantitative estimate of drug-likeness (QED) is 0.164. The summed E-state index contributed by atoms with van der Waals surface area (Å²) in [6.07, 6.45) is 1.67. The Morgan fingerprint density at radius 2 is 1.19 bits per heavy atom. The summed E-state index contributed by atoms with van der Waals surface area (Å²) in [5.74, 6) is 1.62. The summed E-state index contributed by atoms with van der Waals surface area (Å²) >= 11 is 0. The molecule has 0 aliphatic heterocycles. The van der Waals surface area contributed by atoms with Crippen LogP contribution in [0, 0.1) is 0 Å². The van der Waals surface area contributed by atoms with Crippen molar-refractivity contribution in [2.45, 2.75) is 0 Å². The second kappa shape index (κ2) is 8.35. The number of nitrogens with zero attached hydrogens (tertiary/aromatic N) is 3. The van der Waals surface area contributed by atoms with E-state index in [1.165, 1.54) is 0 Å². The van der Waals surface area contributed by atoms with Crippen LogP contribution >= 0.6 is 0 Å². The third-order valence-electron chi connectivity index (χ3n) is 8.19. The molecule has 0 unspecified atom stereocenters. The molecule has 3 aromatic heterocycles. The number of hydrogen-bond donors (Lipinski definition) is 0. The molecule has 9 aromatic rings. The van der Waals surface area contributed by atoms with Crippen LogP contribution in [0.25, 0.3) is 93.8 Å². The van der Waals surface area contributed by atoms with Gasteiger partial charge in [0.2, 0.25) is 0 Å². The van der Waals surface area contributed by atoms with Gasteiger partial charge in [-0.2, -0.15) is 0 Å². The molecule has 0 N–H and O–H groups in total. The van der Waals surface area contributed by atoms with Gasteiger partial charge in [0.15, 0.2) is 17.5 Å². The first-order chi connectivity index (χ1) is 20.7. The first-order valence-electron chi connectivity index (χ1n) is 13.8. The Kier molecular flexibility index (Phi) is 4.56. The number of rotatable bonds is 4. The molecule has 0 atom stereocenters. The zero-order valence-electron chi connectivity index (χ0n) is 22.4. The molecule has 0 bridgehead atoms. The van der Waals surface area contributed by atoms with Crippen LogP contribution in [0.3, 0.4) is 0 Å². The van der Waals surface area contributed by atoms with E-state index in [1.54, 1.807) is 6.08 Å². The molecule has 0 amide bonds. The molecule has 5 heteroatoms. The maximum Gasteiger partial charge on any atom is 0.164 e. The Morgan fingerprint density at radius 1 is 0.548 bits per heavy atom. The fraction of sp³-hybridized carbons (Fsp3) is 0. The van der Waals surface area contributed by atoms with Crippen molar-refractivity contribution < 1.29 is 8.83 Å². The first-order valence-corrected chi connectivity index (χ1v) is 13.8. The van der Waals surface area contributed by atoms with E-state index in [0.29, 0.717) is 23.0 Å². The van der Waals surface area contributed by atoms with E-state index in [9.17, 15) is 0 Å². The number of furan rings is 2. The zero-order valence-corrected chi connectivity index (χ0v) is 22.4. The second-order valence-corrected chi connectivity index (χ2v) is 10.5. The third kappa shape index (κ3) is 3.05. The molecule has 196 valence electrons. The van der Waals surface area contributed by atoms with Crippen molar-refractivity contribution in [2.75, 3.05) is 0 Å². The molecule has 9 rings (SSSR count). The van der Waals surface area contributed by atoms with E-state index in [4.69, 9.17) is 23.8 Å². The average molecular weight is 540 g/mol. The Bertz CT molecular complexity index is 2560. The second-order valence-electron chi connectivity index (χ2n) is 10.5. The van der Waals surface area contributed by atoms with Crippen molar-refractivity contribution in [1.82, 2.24) is 15.0 Å². The normalized spacial score (nSPS) is 12.0.